The summed E-state index contributed by atoms with van der Waals surface area (Å²) in [5.74, 6) is -1.05. The summed E-state index contributed by atoms with van der Waals surface area (Å²) >= 11 is 5.96. The average Bonchev–Trinajstić information content (AvgIpc) is 2.82. The fourth-order valence-corrected chi connectivity index (χ4v) is 3.91. The summed E-state index contributed by atoms with van der Waals surface area (Å²) < 4.78 is 0. The van der Waals surface area contributed by atoms with Gasteiger partial charge in [0.15, 0.2) is 5.78 Å². The Balaban J connectivity index is 1.97. The molecule has 0 spiro atoms. The summed E-state index contributed by atoms with van der Waals surface area (Å²) in [6, 6.07) is 24.8. The van der Waals surface area contributed by atoms with Crippen LogP contribution in [0.3, 0.4) is 0 Å². The van der Waals surface area contributed by atoms with Crippen molar-refractivity contribution in [1.29, 1.82) is 0 Å². The molecule has 3 nitrogen and oxygen atoms in total. The van der Waals surface area contributed by atoms with E-state index in [0.29, 0.717) is 11.4 Å². The summed E-state index contributed by atoms with van der Waals surface area (Å²) in [6.45, 7) is 2.03. The molecule has 0 fully saturated rings. The first-order valence-corrected chi connectivity index (χ1v) is 11.3. The van der Waals surface area contributed by atoms with E-state index in [4.69, 9.17) is 11.6 Å². The van der Waals surface area contributed by atoms with E-state index in [0.717, 1.165) is 16.7 Å². The molecule has 3 aromatic carbocycles. The minimum Gasteiger partial charge on any atom is -0.481 e. The van der Waals surface area contributed by atoms with Crippen LogP contribution in [0, 0.1) is 6.92 Å². The molecular weight excluding hydrogens is 432 g/mol. The molecule has 0 aromatic heterocycles. The van der Waals surface area contributed by atoms with Crippen molar-refractivity contribution in [3.8, 4) is 0 Å². The van der Waals surface area contributed by atoms with Crippen molar-refractivity contribution in [3.05, 3.63) is 118 Å². The summed E-state index contributed by atoms with van der Waals surface area (Å²) in [7, 11) is 0. The van der Waals surface area contributed by atoms with Crippen molar-refractivity contribution >= 4 is 35.5 Å². The number of allylic oxidation sites excluding steroid dienone is 2. The Bertz CT molecular complexity index is 1130. The molecule has 0 aliphatic heterocycles. The van der Waals surface area contributed by atoms with Gasteiger partial charge in [0.2, 0.25) is 0 Å². The van der Waals surface area contributed by atoms with Gasteiger partial charge < -0.3 is 5.11 Å². The van der Waals surface area contributed by atoms with Crippen LogP contribution in [-0.4, -0.2) is 16.9 Å². The molecule has 0 saturated carbocycles. The number of carbonyl (C=O) groups excluding carboxylic acids is 1. The minimum atomic E-state index is -0.982. The third-order valence-corrected chi connectivity index (χ3v) is 5.97. The molecule has 0 saturated heterocycles. The Labute approximate surface area is 200 Å². The molecule has 0 bridgehead atoms. The molecule has 0 heterocycles. The first-order chi connectivity index (χ1) is 15.9. The summed E-state index contributed by atoms with van der Waals surface area (Å²) in [4.78, 5) is 25.1. The largest absolute Gasteiger partial charge is 0.481 e. The van der Waals surface area contributed by atoms with Gasteiger partial charge in [-0.05, 0) is 54.7 Å². The lowest BCUT2D eigenvalue weighted by atomic mass is 9.70. The van der Waals surface area contributed by atoms with E-state index >= 15 is 0 Å². The zero-order valence-electron chi connectivity index (χ0n) is 18.6. The number of carbonyl (C=O) groups is 2. The molecule has 0 amide bonds. The molecule has 33 heavy (non-hydrogen) atoms. The molecule has 168 valence electrons. The number of hydrogen-bond donors (Lipinski definition) is 1. The van der Waals surface area contributed by atoms with E-state index in [2.05, 4.69) is 0 Å². The van der Waals surface area contributed by atoms with Crippen LogP contribution >= 0.6 is 11.6 Å². The summed E-state index contributed by atoms with van der Waals surface area (Å²) in [5.41, 5.74) is 2.89. The standard InChI is InChI=1S/C29H27ClO3/c1-22-9-11-23(12-10-22)6-5-20-29(21-19-28(32)33,25-7-3-2-4-8-25)27(31)18-15-24-13-16-26(30)17-14-24/h2-18H,19-21H2,1H3,(H,32,33). The SMILES string of the molecule is Cc1ccc(C=CCC(CCC(=O)O)(C(=O)C=Cc2ccc(Cl)cc2)c2ccccc2)cc1. The van der Waals surface area contributed by atoms with Gasteiger partial charge in [-0.3, -0.25) is 9.59 Å². The Hall–Kier alpha value is -3.43. The third-order valence-electron chi connectivity index (χ3n) is 5.71. The molecule has 0 aliphatic carbocycles. The van der Waals surface area contributed by atoms with Crippen LogP contribution < -0.4 is 0 Å². The van der Waals surface area contributed by atoms with Gasteiger partial charge in [-0.25, -0.2) is 0 Å². The molecular formula is C29H27ClO3. The average molecular weight is 459 g/mol. The van der Waals surface area contributed by atoms with E-state index in [1.54, 1.807) is 24.3 Å². The van der Waals surface area contributed by atoms with Crippen LogP contribution in [-0.2, 0) is 15.0 Å². The maximum absolute atomic E-state index is 13.7. The number of rotatable bonds is 10. The number of carboxylic acids is 1. The first kappa shape index (κ1) is 24.2. The maximum atomic E-state index is 13.7. The lowest BCUT2D eigenvalue weighted by Gasteiger charge is -2.31. The van der Waals surface area contributed by atoms with Crippen LogP contribution in [0.25, 0.3) is 12.2 Å². The van der Waals surface area contributed by atoms with E-state index in [9.17, 15) is 14.7 Å². The van der Waals surface area contributed by atoms with Gasteiger partial charge in [-0.2, -0.15) is 0 Å². The van der Waals surface area contributed by atoms with E-state index < -0.39 is 11.4 Å². The Kier molecular flexibility index (Phi) is 8.39. The zero-order valence-corrected chi connectivity index (χ0v) is 19.3. The molecule has 1 unspecified atom stereocenters. The lowest BCUT2D eigenvalue weighted by molar-refractivity contribution is -0.137. The van der Waals surface area contributed by atoms with Crippen molar-refractivity contribution in [2.75, 3.05) is 0 Å². The van der Waals surface area contributed by atoms with Gasteiger partial charge >= 0.3 is 5.97 Å². The number of halogens is 1. The number of hydrogen-bond acceptors (Lipinski definition) is 2. The molecule has 1 N–H and O–H groups in total. The summed E-state index contributed by atoms with van der Waals surface area (Å²) in [6.07, 6.45) is 7.74. The van der Waals surface area contributed by atoms with Gasteiger partial charge in [-0.15, -0.1) is 0 Å². The number of aliphatic carboxylic acids is 1. The van der Waals surface area contributed by atoms with Crippen LogP contribution in [0.5, 0.6) is 0 Å². The molecule has 3 aromatic rings. The fraction of sp³-hybridized carbons (Fsp3) is 0.172. The normalized spacial score (nSPS) is 13.3. The maximum Gasteiger partial charge on any atom is 0.303 e. The van der Waals surface area contributed by atoms with Crippen molar-refractivity contribution in [2.45, 2.75) is 31.6 Å². The van der Waals surface area contributed by atoms with E-state index in [1.807, 2.05) is 85.8 Å². The Morgan fingerprint density at radius 2 is 1.48 bits per heavy atom. The quantitative estimate of drug-likeness (QED) is 0.328. The molecule has 0 aliphatic rings. The van der Waals surface area contributed by atoms with E-state index in [-0.39, 0.29) is 18.6 Å². The second-order valence-electron chi connectivity index (χ2n) is 8.11. The first-order valence-electron chi connectivity index (χ1n) is 10.9. The van der Waals surface area contributed by atoms with Gasteiger partial charge in [0.1, 0.15) is 0 Å². The highest BCUT2D eigenvalue weighted by molar-refractivity contribution is 6.30. The van der Waals surface area contributed by atoms with Crippen molar-refractivity contribution in [3.63, 3.8) is 0 Å². The smallest absolute Gasteiger partial charge is 0.303 e. The highest BCUT2D eigenvalue weighted by Crippen LogP contribution is 2.36. The van der Waals surface area contributed by atoms with Crippen molar-refractivity contribution < 1.29 is 14.7 Å². The molecule has 0 radical (unpaired) electrons. The molecule has 3 rings (SSSR count). The summed E-state index contributed by atoms with van der Waals surface area (Å²) in [5, 5.41) is 10.0. The fourth-order valence-electron chi connectivity index (χ4n) is 3.79. The Morgan fingerprint density at radius 1 is 0.879 bits per heavy atom. The second kappa shape index (κ2) is 11.4. The predicted molar refractivity (Wildman–Crippen MR) is 135 cm³/mol. The van der Waals surface area contributed by atoms with Gasteiger partial charge in [-0.1, -0.05) is 102 Å². The van der Waals surface area contributed by atoms with Crippen LogP contribution in [0.4, 0.5) is 0 Å². The Morgan fingerprint density at radius 3 is 2.12 bits per heavy atom. The van der Waals surface area contributed by atoms with Crippen LogP contribution in [0.2, 0.25) is 5.02 Å². The van der Waals surface area contributed by atoms with Crippen molar-refractivity contribution in [1.82, 2.24) is 0 Å². The van der Waals surface area contributed by atoms with Crippen molar-refractivity contribution in [2.24, 2.45) is 0 Å². The van der Waals surface area contributed by atoms with Gasteiger partial charge in [0.05, 0.1) is 5.41 Å². The monoisotopic (exact) mass is 458 g/mol. The topological polar surface area (TPSA) is 54.4 Å². The number of benzene rings is 3. The second-order valence-corrected chi connectivity index (χ2v) is 8.54. The van der Waals surface area contributed by atoms with Gasteiger partial charge in [0, 0.05) is 11.4 Å². The predicted octanol–water partition coefficient (Wildman–Crippen LogP) is 7.14. The third kappa shape index (κ3) is 6.77. The van der Waals surface area contributed by atoms with E-state index in [1.165, 1.54) is 5.56 Å². The molecule has 1 atom stereocenters. The molecule has 4 heteroatoms. The van der Waals surface area contributed by atoms with Crippen LogP contribution in [0.15, 0.2) is 91.0 Å². The number of aryl methyl sites for hydroxylation is 1. The highest BCUT2D eigenvalue weighted by Gasteiger charge is 2.37. The zero-order chi connectivity index (χ0) is 23.7. The van der Waals surface area contributed by atoms with Crippen LogP contribution in [0.1, 0.15) is 41.5 Å². The number of ketones is 1. The number of carboxylic acid groups (broad SMARTS) is 1. The highest BCUT2D eigenvalue weighted by atomic mass is 35.5. The minimum absolute atomic E-state index is 0.103. The lowest BCUT2D eigenvalue weighted by Crippen LogP contribution is -2.35. The van der Waals surface area contributed by atoms with Gasteiger partial charge in [0.25, 0.3) is 0 Å².